The van der Waals surface area contributed by atoms with E-state index in [1.165, 1.54) is 32.4 Å². The van der Waals surface area contributed by atoms with Gasteiger partial charge in [-0.25, -0.2) is 0 Å². The lowest BCUT2D eigenvalue weighted by atomic mass is 10.1. The Morgan fingerprint density at radius 2 is 2.15 bits per heavy atom. The Labute approximate surface area is 126 Å². The van der Waals surface area contributed by atoms with Crippen molar-refractivity contribution in [3.63, 3.8) is 0 Å². The van der Waals surface area contributed by atoms with Crippen LogP contribution < -0.4 is 10.1 Å². The zero-order valence-corrected chi connectivity index (χ0v) is 13.0. The molecule has 0 bridgehead atoms. The van der Waals surface area contributed by atoms with Gasteiger partial charge in [-0.15, -0.1) is 0 Å². The van der Waals surface area contributed by atoms with E-state index < -0.39 is 0 Å². The zero-order chi connectivity index (χ0) is 14.1. The van der Waals surface area contributed by atoms with Gasteiger partial charge in [0.25, 0.3) is 0 Å². The Morgan fingerprint density at radius 1 is 1.30 bits per heavy atom. The van der Waals surface area contributed by atoms with Gasteiger partial charge in [0.2, 0.25) is 0 Å². The largest absolute Gasteiger partial charge is 0.489 e. The van der Waals surface area contributed by atoms with E-state index in [1.807, 2.05) is 26.0 Å². The van der Waals surface area contributed by atoms with Crippen molar-refractivity contribution in [2.24, 2.45) is 0 Å². The Bertz CT molecular complexity index is 478. The maximum absolute atomic E-state index is 6.29. The molecule has 0 aliphatic carbocycles. The predicted molar refractivity (Wildman–Crippen MR) is 83.8 cm³/mol. The summed E-state index contributed by atoms with van der Waals surface area (Å²) in [5.74, 6) is 0.765. The number of nitrogens with one attached hydrogen (secondary N) is 1. The fourth-order valence-electron chi connectivity index (χ4n) is 3.41. The summed E-state index contributed by atoms with van der Waals surface area (Å²) in [5.41, 5.74) is 1.10. The summed E-state index contributed by atoms with van der Waals surface area (Å²) in [6.45, 7) is 6.51. The third kappa shape index (κ3) is 2.89. The Balaban J connectivity index is 1.67. The second kappa shape index (κ2) is 5.82. The van der Waals surface area contributed by atoms with Crippen molar-refractivity contribution >= 4 is 17.3 Å². The van der Waals surface area contributed by atoms with E-state index in [1.54, 1.807) is 0 Å². The molecule has 2 heterocycles. The first-order valence-corrected chi connectivity index (χ1v) is 7.98. The number of hydrogen-bond donors (Lipinski definition) is 1. The highest BCUT2D eigenvalue weighted by molar-refractivity contribution is 6.32. The molecular weight excluding hydrogens is 272 g/mol. The molecule has 3 rings (SSSR count). The minimum absolute atomic E-state index is 0.146. The minimum Gasteiger partial charge on any atom is -0.489 e. The van der Waals surface area contributed by atoms with Crippen LogP contribution in [0.15, 0.2) is 18.2 Å². The summed E-state index contributed by atoms with van der Waals surface area (Å²) in [6.07, 6.45) is 4.03. The Kier molecular flexibility index (Phi) is 4.08. The van der Waals surface area contributed by atoms with E-state index in [0.29, 0.717) is 17.1 Å². The SMILES string of the molecule is CC(C)Oc1ccc(NC2CCN3CCCC23)cc1Cl. The highest BCUT2D eigenvalue weighted by Crippen LogP contribution is 2.33. The van der Waals surface area contributed by atoms with Gasteiger partial charge in [-0.05, 0) is 57.9 Å². The van der Waals surface area contributed by atoms with Crippen LogP contribution in [0, 0.1) is 0 Å². The van der Waals surface area contributed by atoms with Crippen molar-refractivity contribution in [1.29, 1.82) is 0 Å². The number of hydrogen-bond acceptors (Lipinski definition) is 3. The predicted octanol–water partition coefficient (Wildman–Crippen LogP) is 3.78. The first kappa shape index (κ1) is 14.0. The number of benzene rings is 1. The number of anilines is 1. The molecule has 2 saturated heterocycles. The summed E-state index contributed by atoms with van der Waals surface area (Å²) in [5, 5.41) is 4.34. The van der Waals surface area contributed by atoms with Crippen LogP contribution in [0.4, 0.5) is 5.69 Å². The van der Waals surface area contributed by atoms with Crippen molar-refractivity contribution in [1.82, 2.24) is 4.90 Å². The van der Waals surface area contributed by atoms with E-state index in [-0.39, 0.29) is 6.10 Å². The summed E-state index contributed by atoms with van der Waals surface area (Å²) in [6, 6.07) is 7.29. The molecule has 110 valence electrons. The third-order valence-corrected chi connectivity index (χ3v) is 4.55. The van der Waals surface area contributed by atoms with Crippen LogP contribution in [0.2, 0.25) is 5.02 Å². The molecule has 2 atom stereocenters. The molecule has 1 N–H and O–H groups in total. The molecule has 0 aromatic heterocycles. The van der Waals surface area contributed by atoms with Crippen LogP contribution in [0.3, 0.4) is 0 Å². The standard InChI is InChI=1S/C16H23ClN2O/c1-11(2)20-16-6-5-12(10-13(16)17)18-14-7-9-19-8-3-4-15(14)19/h5-6,10-11,14-15,18H,3-4,7-9H2,1-2H3. The van der Waals surface area contributed by atoms with Gasteiger partial charge in [-0.2, -0.15) is 0 Å². The molecule has 2 fully saturated rings. The quantitative estimate of drug-likeness (QED) is 0.915. The van der Waals surface area contributed by atoms with Gasteiger partial charge in [0.05, 0.1) is 11.1 Å². The number of ether oxygens (including phenoxy) is 1. The second-order valence-electron chi connectivity index (χ2n) is 6.10. The second-order valence-corrected chi connectivity index (χ2v) is 6.50. The Hall–Kier alpha value is -0.930. The van der Waals surface area contributed by atoms with Crippen LogP contribution in [0.25, 0.3) is 0 Å². The van der Waals surface area contributed by atoms with Gasteiger partial charge in [0.15, 0.2) is 0 Å². The topological polar surface area (TPSA) is 24.5 Å². The van der Waals surface area contributed by atoms with Gasteiger partial charge in [-0.3, -0.25) is 4.90 Å². The summed E-state index contributed by atoms with van der Waals surface area (Å²) >= 11 is 6.29. The molecule has 20 heavy (non-hydrogen) atoms. The van der Waals surface area contributed by atoms with E-state index in [9.17, 15) is 0 Å². The lowest BCUT2D eigenvalue weighted by Gasteiger charge is -2.22. The molecule has 2 aliphatic heterocycles. The van der Waals surface area contributed by atoms with Crippen LogP contribution in [0.5, 0.6) is 5.75 Å². The zero-order valence-electron chi connectivity index (χ0n) is 12.2. The Morgan fingerprint density at radius 3 is 2.90 bits per heavy atom. The van der Waals surface area contributed by atoms with Crippen LogP contribution in [-0.4, -0.2) is 36.2 Å². The van der Waals surface area contributed by atoms with E-state index >= 15 is 0 Å². The van der Waals surface area contributed by atoms with Gasteiger partial charge < -0.3 is 10.1 Å². The number of fused-ring (bicyclic) bond motifs is 1. The van der Waals surface area contributed by atoms with Crippen molar-refractivity contribution in [3.8, 4) is 5.75 Å². The summed E-state index contributed by atoms with van der Waals surface area (Å²) in [7, 11) is 0. The van der Waals surface area contributed by atoms with Crippen LogP contribution in [0.1, 0.15) is 33.1 Å². The molecular formula is C16H23ClN2O. The highest BCUT2D eigenvalue weighted by Gasteiger charge is 2.36. The highest BCUT2D eigenvalue weighted by atomic mass is 35.5. The van der Waals surface area contributed by atoms with E-state index in [2.05, 4.69) is 16.3 Å². The van der Waals surface area contributed by atoms with Crippen LogP contribution in [-0.2, 0) is 0 Å². The van der Waals surface area contributed by atoms with Crippen molar-refractivity contribution in [2.75, 3.05) is 18.4 Å². The molecule has 4 heteroatoms. The number of nitrogens with zero attached hydrogens (tertiary/aromatic N) is 1. The normalized spacial score (nSPS) is 26.0. The molecule has 1 aromatic carbocycles. The molecule has 0 saturated carbocycles. The first-order valence-electron chi connectivity index (χ1n) is 7.60. The first-order chi connectivity index (χ1) is 9.63. The van der Waals surface area contributed by atoms with Gasteiger partial charge >= 0.3 is 0 Å². The van der Waals surface area contributed by atoms with Crippen LogP contribution >= 0.6 is 11.6 Å². The molecule has 3 nitrogen and oxygen atoms in total. The van der Waals surface area contributed by atoms with Crippen molar-refractivity contribution < 1.29 is 4.74 Å². The van der Waals surface area contributed by atoms with Crippen molar-refractivity contribution in [3.05, 3.63) is 23.2 Å². The van der Waals surface area contributed by atoms with Gasteiger partial charge in [0.1, 0.15) is 5.75 Å². The average Bonchev–Trinajstić information content (AvgIpc) is 2.97. The van der Waals surface area contributed by atoms with Gasteiger partial charge in [0, 0.05) is 24.3 Å². The number of halogens is 1. The van der Waals surface area contributed by atoms with Crippen molar-refractivity contribution in [2.45, 2.75) is 51.3 Å². The molecule has 1 aromatic rings. The molecule has 0 amide bonds. The summed E-state index contributed by atoms with van der Waals surface area (Å²) in [4.78, 5) is 2.61. The number of rotatable bonds is 4. The maximum Gasteiger partial charge on any atom is 0.138 e. The monoisotopic (exact) mass is 294 g/mol. The maximum atomic E-state index is 6.29. The third-order valence-electron chi connectivity index (χ3n) is 4.25. The molecule has 2 unspecified atom stereocenters. The smallest absolute Gasteiger partial charge is 0.138 e. The average molecular weight is 295 g/mol. The molecule has 2 aliphatic rings. The minimum atomic E-state index is 0.146. The molecule has 0 radical (unpaired) electrons. The van der Waals surface area contributed by atoms with E-state index in [0.717, 1.165) is 11.4 Å². The fourth-order valence-corrected chi connectivity index (χ4v) is 3.63. The summed E-state index contributed by atoms with van der Waals surface area (Å²) < 4.78 is 5.67. The van der Waals surface area contributed by atoms with Gasteiger partial charge in [-0.1, -0.05) is 11.6 Å². The lowest BCUT2D eigenvalue weighted by molar-refractivity contribution is 0.242. The van der Waals surface area contributed by atoms with E-state index in [4.69, 9.17) is 16.3 Å². The fraction of sp³-hybridized carbons (Fsp3) is 0.625. The molecule has 0 spiro atoms. The lowest BCUT2D eigenvalue weighted by Crippen LogP contribution is -2.33.